The molecule has 0 radical (unpaired) electrons. The van der Waals surface area contributed by atoms with Crippen LogP contribution in [-0.4, -0.2) is 18.3 Å². The summed E-state index contributed by atoms with van der Waals surface area (Å²) in [6.45, 7) is 0.786. The van der Waals surface area contributed by atoms with E-state index in [-0.39, 0.29) is 5.50 Å². The second kappa shape index (κ2) is 2.09. The van der Waals surface area contributed by atoms with Gasteiger partial charge in [0.25, 0.3) is 0 Å². The van der Waals surface area contributed by atoms with Crippen molar-refractivity contribution in [2.45, 2.75) is 5.50 Å². The third kappa shape index (κ3) is 0.824. The van der Waals surface area contributed by atoms with Crippen LogP contribution in [0.4, 0.5) is 0 Å². The molecule has 0 saturated heterocycles. The van der Waals surface area contributed by atoms with E-state index in [0.29, 0.717) is 0 Å². The Bertz CT molecular complexity index is 210. The summed E-state index contributed by atoms with van der Waals surface area (Å²) >= 11 is 4.17. The maximum Gasteiger partial charge on any atom is 0.168 e. The fraction of sp³-hybridized carbons (Fsp3) is 0.400. The van der Waals surface area contributed by atoms with Gasteiger partial charge >= 0.3 is 0 Å². The molecular formula is C5H8N4S. The molecule has 0 aromatic heterocycles. The van der Waals surface area contributed by atoms with Crippen molar-refractivity contribution in [2.24, 2.45) is 4.99 Å². The van der Waals surface area contributed by atoms with Gasteiger partial charge in [0.15, 0.2) is 5.82 Å². The van der Waals surface area contributed by atoms with Crippen molar-refractivity contribution in [1.82, 2.24) is 16.0 Å². The highest BCUT2D eigenvalue weighted by Gasteiger charge is 2.19. The minimum Gasteiger partial charge on any atom is -0.364 e. The Kier molecular flexibility index (Phi) is 1.23. The van der Waals surface area contributed by atoms with Gasteiger partial charge in [0, 0.05) is 6.21 Å². The minimum absolute atomic E-state index is 0.00671. The Morgan fingerprint density at radius 1 is 1.60 bits per heavy atom. The molecule has 0 fully saturated rings. The average molecular weight is 156 g/mol. The van der Waals surface area contributed by atoms with Crippen molar-refractivity contribution in [1.29, 1.82) is 0 Å². The Hall–Kier alpha value is -0.840. The van der Waals surface area contributed by atoms with Crippen LogP contribution >= 0.6 is 12.6 Å². The zero-order valence-electron chi connectivity index (χ0n) is 5.26. The summed E-state index contributed by atoms with van der Waals surface area (Å²) in [5.74, 6) is 1.80. The van der Waals surface area contributed by atoms with Crippen LogP contribution in [0.2, 0.25) is 0 Å². The van der Waals surface area contributed by atoms with E-state index in [2.05, 4.69) is 33.6 Å². The summed E-state index contributed by atoms with van der Waals surface area (Å²) in [4.78, 5) is 4.11. The smallest absolute Gasteiger partial charge is 0.168 e. The Morgan fingerprint density at radius 2 is 2.50 bits per heavy atom. The molecule has 1 unspecified atom stereocenters. The van der Waals surface area contributed by atoms with Crippen LogP contribution in [0, 0.1) is 0 Å². The van der Waals surface area contributed by atoms with Gasteiger partial charge < -0.3 is 16.0 Å². The number of hydrogen-bond donors (Lipinski definition) is 4. The van der Waals surface area contributed by atoms with Crippen LogP contribution in [0.3, 0.4) is 0 Å². The first-order valence-electron chi connectivity index (χ1n) is 3.08. The quantitative estimate of drug-likeness (QED) is 0.347. The minimum atomic E-state index is -0.00671. The van der Waals surface area contributed by atoms with Gasteiger partial charge in [-0.15, -0.1) is 12.6 Å². The van der Waals surface area contributed by atoms with Crippen LogP contribution in [0.25, 0.3) is 0 Å². The topological polar surface area (TPSA) is 48.5 Å². The third-order valence-electron chi connectivity index (χ3n) is 1.38. The number of aliphatic imine (C=N–C) groups is 1. The number of hydrogen-bond acceptors (Lipinski definition) is 5. The summed E-state index contributed by atoms with van der Waals surface area (Å²) in [6, 6.07) is 0. The first-order valence-corrected chi connectivity index (χ1v) is 3.60. The predicted molar refractivity (Wildman–Crippen MR) is 42.6 cm³/mol. The van der Waals surface area contributed by atoms with Crippen molar-refractivity contribution in [3.63, 3.8) is 0 Å². The SMILES string of the molecule is SC1NC2=C(NCC=N2)N1. The Morgan fingerprint density at radius 3 is 3.30 bits per heavy atom. The lowest BCUT2D eigenvalue weighted by Crippen LogP contribution is -2.30. The second-order valence-electron chi connectivity index (χ2n) is 2.11. The molecule has 0 amide bonds. The summed E-state index contributed by atoms with van der Waals surface area (Å²) in [5.41, 5.74) is -0.00671. The average Bonchev–Trinajstić information content (AvgIpc) is 2.27. The first-order chi connectivity index (χ1) is 4.86. The highest BCUT2D eigenvalue weighted by atomic mass is 32.1. The van der Waals surface area contributed by atoms with E-state index in [1.54, 1.807) is 0 Å². The molecule has 4 nitrogen and oxygen atoms in total. The molecule has 0 bridgehead atoms. The number of nitrogens with zero attached hydrogens (tertiary/aromatic N) is 1. The van der Waals surface area contributed by atoms with E-state index in [9.17, 15) is 0 Å². The lowest BCUT2D eigenvalue weighted by molar-refractivity contribution is 0.716. The van der Waals surface area contributed by atoms with Crippen molar-refractivity contribution >= 4 is 18.8 Å². The predicted octanol–water partition coefficient (Wildman–Crippen LogP) is -0.807. The van der Waals surface area contributed by atoms with Gasteiger partial charge in [0.2, 0.25) is 0 Å². The molecule has 0 aromatic rings. The second-order valence-corrected chi connectivity index (χ2v) is 2.62. The van der Waals surface area contributed by atoms with Gasteiger partial charge in [-0.1, -0.05) is 0 Å². The van der Waals surface area contributed by atoms with Gasteiger partial charge in [0.05, 0.1) is 6.54 Å². The van der Waals surface area contributed by atoms with Crippen LogP contribution in [-0.2, 0) is 0 Å². The molecule has 2 heterocycles. The summed E-state index contributed by atoms with van der Waals surface area (Å²) in [7, 11) is 0. The molecule has 5 heteroatoms. The van der Waals surface area contributed by atoms with Gasteiger partial charge in [-0.2, -0.15) is 0 Å². The Balaban J connectivity index is 2.21. The molecule has 3 N–H and O–H groups in total. The van der Waals surface area contributed by atoms with Crippen LogP contribution in [0.1, 0.15) is 0 Å². The monoisotopic (exact) mass is 156 g/mol. The molecule has 0 saturated carbocycles. The normalized spacial score (nSPS) is 28.7. The maximum absolute atomic E-state index is 4.17. The van der Waals surface area contributed by atoms with E-state index >= 15 is 0 Å². The molecule has 2 rings (SSSR count). The first kappa shape index (κ1) is 5.91. The van der Waals surface area contributed by atoms with E-state index in [1.165, 1.54) is 0 Å². The zero-order chi connectivity index (χ0) is 6.97. The van der Waals surface area contributed by atoms with Gasteiger partial charge in [-0.05, 0) is 0 Å². The lowest BCUT2D eigenvalue weighted by Gasteiger charge is -2.08. The fourth-order valence-electron chi connectivity index (χ4n) is 0.964. The molecule has 0 aliphatic carbocycles. The summed E-state index contributed by atoms with van der Waals surface area (Å²) in [5, 5.41) is 9.21. The van der Waals surface area contributed by atoms with Gasteiger partial charge in [0.1, 0.15) is 11.3 Å². The Labute approximate surface area is 64.2 Å². The highest BCUT2D eigenvalue weighted by molar-refractivity contribution is 7.80. The molecule has 10 heavy (non-hydrogen) atoms. The standard InChI is InChI=1S/C5H8N4S/c10-5-8-3-4(9-5)7-2-1-6-3/h1,5,7-10H,2H2. The molecule has 0 spiro atoms. The molecule has 2 aliphatic heterocycles. The lowest BCUT2D eigenvalue weighted by atomic mass is 10.5. The molecule has 54 valence electrons. The van der Waals surface area contributed by atoms with Gasteiger partial charge in [-0.3, -0.25) is 0 Å². The van der Waals surface area contributed by atoms with Crippen molar-refractivity contribution < 1.29 is 0 Å². The van der Waals surface area contributed by atoms with Crippen LogP contribution in [0.5, 0.6) is 0 Å². The van der Waals surface area contributed by atoms with E-state index in [0.717, 1.165) is 18.2 Å². The van der Waals surface area contributed by atoms with Crippen molar-refractivity contribution in [3.8, 4) is 0 Å². The molecule has 1 atom stereocenters. The summed E-state index contributed by atoms with van der Waals surface area (Å²) < 4.78 is 0. The number of nitrogens with one attached hydrogen (secondary N) is 3. The van der Waals surface area contributed by atoms with E-state index in [1.807, 2.05) is 6.21 Å². The summed E-state index contributed by atoms with van der Waals surface area (Å²) in [6.07, 6.45) is 1.82. The largest absolute Gasteiger partial charge is 0.364 e. The molecule has 0 aromatic carbocycles. The number of rotatable bonds is 0. The third-order valence-corrected chi connectivity index (χ3v) is 1.64. The van der Waals surface area contributed by atoms with E-state index in [4.69, 9.17) is 0 Å². The number of thiol groups is 1. The zero-order valence-corrected chi connectivity index (χ0v) is 6.15. The highest BCUT2D eigenvalue weighted by Crippen LogP contribution is 2.09. The van der Waals surface area contributed by atoms with E-state index < -0.39 is 0 Å². The van der Waals surface area contributed by atoms with Crippen LogP contribution in [0.15, 0.2) is 16.6 Å². The van der Waals surface area contributed by atoms with Crippen LogP contribution < -0.4 is 16.0 Å². The fourth-order valence-corrected chi connectivity index (χ4v) is 1.22. The maximum atomic E-state index is 4.17. The molecular weight excluding hydrogens is 148 g/mol. The molecule has 2 aliphatic rings. The van der Waals surface area contributed by atoms with Crippen molar-refractivity contribution in [3.05, 3.63) is 11.6 Å². The van der Waals surface area contributed by atoms with Gasteiger partial charge in [-0.25, -0.2) is 4.99 Å². The van der Waals surface area contributed by atoms with Crippen molar-refractivity contribution in [2.75, 3.05) is 6.54 Å².